The number of hydrogen-bond acceptors (Lipinski definition) is 3. The van der Waals surface area contributed by atoms with Gasteiger partial charge in [0.15, 0.2) is 0 Å². The lowest BCUT2D eigenvalue weighted by molar-refractivity contribution is 0.284. The second-order valence-electron chi connectivity index (χ2n) is 3.76. The van der Waals surface area contributed by atoms with E-state index >= 15 is 0 Å². The first-order chi connectivity index (χ1) is 7.77. The van der Waals surface area contributed by atoms with Gasteiger partial charge in [0.1, 0.15) is 5.75 Å². The van der Waals surface area contributed by atoms with Gasteiger partial charge < -0.3 is 15.2 Å². The topological polar surface area (TPSA) is 41.5 Å². The molecule has 0 amide bonds. The molecule has 0 aliphatic heterocycles. The summed E-state index contributed by atoms with van der Waals surface area (Å²) in [4.78, 5) is 0. The van der Waals surface area contributed by atoms with Crippen molar-refractivity contribution in [1.82, 2.24) is 5.32 Å². The molecule has 0 spiro atoms. The molecule has 3 nitrogen and oxygen atoms in total. The number of benzene rings is 1. The standard InChI is InChI=1S/C13H21NO2/c1-3-16-13-7-5-12(6-8-13)11(2)14-9-4-10-15/h5-8,11,14-15H,3-4,9-10H2,1-2H3. The first-order valence-electron chi connectivity index (χ1n) is 5.85. The van der Waals surface area contributed by atoms with Crippen LogP contribution in [0.1, 0.15) is 31.9 Å². The number of aliphatic hydroxyl groups is 1. The third-order valence-corrected chi connectivity index (χ3v) is 2.48. The maximum atomic E-state index is 8.69. The largest absolute Gasteiger partial charge is 0.494 e. The van der Waals surface area contributed by atoms with Gasteiger partial charge in [-0.1, -0.05) is 12.1 Å². The lowest BCUT2D eigenvalue weighted by Gasteiger charge is -2.14. The highest BCUT2D eigenvalue weighted by Gasteiger charge is 2.03. The average Bonchev–Trinajstić information content (AvgIpc) is 2.30. The molecule has 1 rings (SSSR count). The Kier molecular flexibility index (Phi) is 5.90. The van der Waals surface area contributed by atoms with Gasteiger partial charge in [-0.05, 0) is 44.5 Å². The van der Waals surface area contributed by atoms with E-state index in [1.807, 2.05) is 19.1 Å². The van der Waals surface area contributed by atoms with Gasteiger partial charge in [0.25, 0.3) is 0 Å². The highest BCUT2D eigenvalue weighted by Crippen LogP contribution is 2.17. The van der Waals surface area contributed by atoms with Gasteiger partial charge in [-0.2, -0.15) is 0 Å². The van der Waals surface area contributed by atoms with E-state index in [1.54, 1.807) is 0 Å². The zero-order chi connectivity index (χ0) is 11.8. The summed E-state index contributed by atoms with van der Waals surface area (Å²) in [6, 6.07) is 8.43. The molecule has 0 bridgehead atoms. The van der Waals surface area contributed by atoms with E-state index in [-0.39, 0.29) is 6.61 Å². The Labute approximate surface area is 97.4 Å². The fourth-order valence-electron chi connectivity index (χ4n) is 1.53. The van der Waals surface area contributed by atoms with Gasteiger partial charge in [0.2, 0.25) is 0 Å². The van der Waals surface area contributed by atoms with Crippen molar-refractivity contribution in [3.8, 4) is 5.75 Å². The van der Waals surface area contributed by atoms with Crippen molar-refractivity contribution >= 4 is 0 Å². The monoisotopic (exact) mass is 223 g/mol. The molecule has 1 aromatic rings. The van der Waals surface area contributed by atoms with Crippen molar-refractivity contribution in [2.24, 2.45) is 0 Å². The summed E-state index contributed by atoms with van der Waals surface area (Å²) in [6.45, 7) is 5.87. The predicted octanol–water partition coefficient (Wildman–Crippen LogP) is 2.12. The zero-order valence-corrected chi connectivity index (χ0v) is 10.1. The Balaban J connectivity index is 2.46. The molecule has 0 saturated heterocycles. The van der Waals surface area contributed by atoms with Crippen molar-refractivity contribution in [3.05, 3.63) is 29.8 Å². The molecular weight excluding hydrogens is 202 g/mol. The fraction of sp³-hybridized carbons (Fsp3) is 0.538. The number of nitrogens with one attached hydrogen (secondary N) is 1. The van der Waals surface area contributed by atoms with E-state index in [0.717, 1.165) is 18.7 Å². The van der Waals surface area contributed by atoms with Crippen molar-refractivity contribution in [2.45, 2.75) is 26.3 Å². The van der Waals surface area contributed by atoms with E-state index < -0.39 is 0 Å². The maximum Gasteiger partial charge on any atom is 0.119 e. The Morgan fingerprint density at radius 3 is 2.56 bits per heavy atom. The smallest absolute Gasteiger partial charge is 0.119 e. The molecule has 0 heterocycles. The van der Waals surface area contributed by atoms with Crippen LogP contribution in [0.2, 0.25) is 0 Å². The first-order valence-corrected chi connectivity index (χ1v) is 5.85. The highest BCUT2D eigenvalue weighted by atomic mass is 16.5. The van der Waals surface area contributed by atoms with Crippen LogP contribution in [-0.4, -0.2) is 24.9 Å². The Bertz CT molecular complexity index is 284. The highest BCUT2D eigenvalue weighted by molar-refractivity contribution is 5.28. The Morgan fingerprint density at radius 2 is 2.00 bits per heavy atom. The molecule has 1 aromatic carbocycles. The Hall–Kier alpha value is -1.06. The minimum atomic E-state index is 0.239. The number of ether oxygens (including phenoxy) is 1. The second kappa shape index (κ2) is 7.25. The minimum absolute atomic E-state index is 0.239. The zero-order valence-electron chi connectivity index (χ0n) is 10.1. The van der Waals surface area contributed by atoms with Crippen molar-refractivity contribution in [3.63, 3.8) is 0 Å². The van der Waals surface area contributed by atoms with Gasteiger partial charge in [0.05, 0.1) is 6.61 Å². The normalized spacial score (nSPS) is 12.4. The summed E-state index contributed by atoms with van der Waals surface area (Å²) in [6.07, 6.45) is 0.793. The molecule has 0 saturated carbocycles. The van der Waals surface area contributed by atoms with E-state index in [9.17, 15) is 0 Å². The van der Waals surface area contributed by atoms with Crippen molar-refractivity contribution in [1.29, 1.82) is 0 Å². The molecular formula is C13H21NO2. The molecule has 0 aromatic heterocycles. The Morgan fingerprint density at radius 1 is 1.31 bits per heavy atom. The van der Waals surface area contributed by atoms with Crippen LogP contribution < -0.4 is 10.1 Å². The third kappa shape index (κ3) is 4.21. The van der Waals surface area contributed by atoms with Crippen LogP contribution in [0.3, 0.4) is 0 Å². The molecule has 2 N–H and O–H groups in total. The summed E-state index contributed by atoms with van der Waals surface area (Å²) >= 11 is 0. The minimum Gasteiger partial charge on any atom is -0.494 e. The summed E-state index contributed by atoms with van der Waals surface area (Å²) in [5.74, 6) is 0.911. The first kappa shape index (κ1) is 13.0. The maximum absolute atomic E-state index is 8.69. The lowest BCUT2D eigenvalue weighted by Crippen LogP contribution is -2.20. The van der Waals surface area contributed by atoms with E-state index in [1.165, 1.54) is 5.56 Å². The van der Waals surface area contributed by atoms with Crippen molar-refractivity contribution in [2.75, 3.05) is 19.8 Å². The quantitative estimate of drug-likeness (QED) is 0.696. The van der Waals surface area contributed by atoms with Gasteiger partial charge in [0, 0.05) is 12.6 Å². The molecule has 0 fully saturated rings. The second-order valence-corrected chi connectivity index (χ2v) is 3.76. The van der Waals surface area contributed by atoms with E-state index in [2.05, 4.69) is 24.4 Å². The predicted molar refractivity (Wildman–Crippen MR) is 65.7 cm³/mol. The fourth-order valence-corrected chi connectivity index (χ4v) is 1.53. The average molecular weight is 223 g/mol. The van der Waals surface area contributed by atoms with Crippen LogP contribution in [-0.2, 0) is 0 Å². The summed E-state index contributed by atoms with van der Waals surface area (Å²) < 4.78 is 5.39. The third-order valence-electron chi connectivity index (χ3n) is 2.48. The number of aliphatic hydroxyl groups excluding tert-OH is 1. The molecule has 0 aliphatic carbocycles. The van der Waals surface area contributed by atoms with Gasteiger partial charge in [-0.3, -0.25) is 0 Å². The molecule has 0 radical (unpaired) electrons. The van der Waals surface area contributed by atoms with Crippen molar-refractivity contribution < 1.29 is 9.84 Å². The molecule has 1 atom stereocenters. The number of rotatable bonds is 7. The van der Waals surface area contributed by atoms with Crippen LogP contribution in [0.4, 0.5) is 0 Å². The van der Waals surface area contributed by atoms with Gasteiger partial charge in [-0.25, -0.2) is 0 Å². The number of hydrogen-bond donors (Lipinski definition) is 2. The van der Waals surface area contributed by atoms with Gasteiger partial charge in [-0.15, -0.1) is 0 Å². The van der Waals surface area contributed by atoms with Crippen LogP contribution in [0.5, 0.6) is 5.75 Å². The van der Waals surface area contributed by atoms with E-state index in [0.29, 0.717) is 12.6 Å². The molecule has 3 heteroatoms. The summed E-state index contributed by atoms with van der Waals surface area (Å²) in [5, 5.41) is 12.0. The molecule has 90 valence electrons. The molecule has 1 unspecified atom stereocenters. The van der Waals surface area contributed by atoms with Crippen LogP contribution in [0, 0.1) is 0 Å². The summed E-state index contributed by atoms with van der Waals surface area (Å²) in [5.41, 5.74) is 1.24. The van der Waals surface area contributed by atoms with Gasteiger partial charge >= 0.3 is 0 Å². The molecule has 0 aliphatic rings. The van der Waals surface area contributed by atoms with Crippen LogP contribution in [0.15, 0.2) is 24.3 Å². The van der Waals surface area contributed by atoms with Crippen LogP contribution >= 0.6 is 0 Å². The molecule has 16 heavy (non-hydrogen) atoms. The van der Waals surface area contributed by atoms with Crippen LogP contribution in [0.25, 0.3) is 0 Å². The lowest BCUT2D eigenvalue weighted by atomic mass is 10.1. The van der Waals surface area contributed by atoms with E-state index in [4.69, 9.17) is 9.84 Å². The summed E-state index contributed by atoms with van der Waals surface area (Å²) in [7, 11) is 0. The SMILES string of the molecule is CCOc1ccc(C(C)NCCCO)cc1.